The summed E-state index contributed by atoms with van der Waals surface area (Å²) in [4.78, 5) is 24.8. The van der Waals surface area contributed by atoms with Crippen molar-refractivity contribution in [2.24, 2.45) is 0 Å². The molecule has 1 atom stereocenters. The first-order valence-electron chi connectivity index (χ1n) is 8.17. The van der Waals surface area contributed by atoms with Crippen molar-refractivity contribution in [3.63, 3.8) is 0 Å². The Labute approximate surface area is 149 Å². The van der Waals surface area contributed by atoms with Gasteiger partial charge < -0.3 is 15.0 Å². The average molecular weight is 360 g/mol. The fraction of sp³-hybridized carbons (Fsp3) is 0.263. The number of rotatable bonds is 5. The van der Waals surface area contributed by atoms with Gasteiger partial charge in [-0.05, 0) is 36.4 Å². The maximum Gasteiger partial charge on any atom is 0.229 e. The molecule has 1 N–H and O–H groups in total. The van der Waals surface area contributed by atoms with E-state index in [0.29, 0.717) is 18.0 Å². The van der Waals surface area contributed by atoms with Crippen molar-refractivity contribution in [1.82, 2.24) is 5.32 Å². The van der Waals surface area contributed by atoms with Gasteiger partial charge in [0.1, 0.15) is 24.0 Å². The summed E-state index contributed by atoms with van der Waals surface area (Å²) in [5.74, 6) is -1.14. The number of carbonyl (C=O) groups excluding carboxylic acids is 2. The van der Waals surface area contributed by atoms with E-state index in [2.05, 4.69) is 5.32 Å². The highest BCUT2D eigenvalue weighted by Crippen LogP contribution is 2.25. The van der Waals surface area contributed by atoms with E-state index in [0.717, 1.165) is 0 Å². The molecule has 0 spiro atoms. The number of halogens is 2. The first-order chi connectivity index (χ1) is 12.4. The van der Waals surface area contributed by atoms with E-state index < -0.39 is 11.6 Å². The highest BCUT2D eigenvalue weighted by Gasteiger charge is 2.30. The number of ether oxygens (including phenoxy) is 1. The number of amides is 2. The van der Waals surface area contributed by atoms with Gasteiger partial charge in [-0.1, -0.05) is 6.07 Å². The number of carbonyl (C=O) groups is 2. The van der Waals surface area contributed by atoms with Crippen molar-refractivity contribution < 1.29 is 23.1 Å². The van der Waals surface area contributed by atoms with Gasteiger partial charge in [-0.15, -0.1) is 0 Å². The molecular formula is C19H18F2N2O3. The quantitative estimate of drug-likeness (QED) is 0.892. The molecule has 0 aliphatic carbocycles. The van der Waals surface area contributed by atoms with E-state index in [1.807, 2.05) is 0 Å². The van der Waals surface area contributed by atoms with Crippen LogP contribution >= 0.6 is 0 Å². The predicted molar refractivity (Wildman–Crippen MR) is 91.7 cm³/mol. The Hall–Kier alpha value is -2.96. The fourth-order valence-corrected chi connectivity index (χ4v) is 2.89. The summed E-state index contributed by atoms with van der Waals surface area (Å²) in [6.07, 6.45) is 0.254. The van der Waals surface area contributed by atoms with Crippen LogP contribution in [0.2, 0.25) is 0 Å². The standard InChI is InChI=1S/C19H18F2N2O3/c1-12(24)22-13-9-19(25)23(10-13)14-5-7-15(8-6-14)26-11-16-17(20)3-2-4-18(16)21/h2-8,13H,9-11H2,1H3,(H,22,24). The zero-order chi connectivity index (χ0) is 18.7. The molecule has 1 saturated heterocycles. The Kier molecular flexibility index (Phi) is 5.16. The lowest BCUT2D eigenvalue weighted by atomic mass is 10.2. The van der Waals surface area contributed by atoms with Crippen LogP contribution in [0.3, 0.4) is 0 Å². The molecule has 0 aromatic heterocycles. The van der Waals surface area contributed by atoms with Gasteiger partial charge in [0.05, 0.1) is 11.6 Å². The molecule has 5 nitrogen and oxygen atoms in total. The van der Waals surface area contributed by atoms with Crippen molar-refractivity contribution in [3.05, 3.63) is 59.7 Å². The summed E-state index contributed by atoms with van der Waals surface area (Å²) >= 11 is 0. The molecule has 2 aromatic carbocycles. The Bertz CT molecular complexity index is 804. The summed E-state index contributed by atoms with van der Waals surface area (Å²) in [5, 5.41) is 2.74. The zero-order valence-corrected chi connectivity index (χ0v) is 14.2. The zero-order valence-electron chi connectivity index (χ0n) is 14.2. The van der Waals surface area contributed by atoms with Crippen LogP contribution < -0.4 is 15.0 Å². The summed E-state index contributed by atoms with van der Waals surface area (Å²) in [6.45, 7) is 1.59. The number of nitrogens with zero attached hydrogens (tertiary/aromatic N) is 1. The third kappa shape index (κ3) is 3.99. The number of benzene rings is 2. The van der Waals surface area contributed by atoms with E-state index in [-0.39, 0.29) is 36.4 Å². The molecular weight excluding hydrogens is 342 g/mol. The highest BCUT2D eigenvalue weighted by molar-refractivity contribution is 5.96. The second-order valence-corrected chi connectivity index (χ2v) is 6.09. The number of anilines is 1. The number of nitrogens with one attached hydrogen (secondary N) is 1. The third-order valence-electron chi connectivity index (χ3n) is 4.13. The molecule has 1 aliphatic rings. The van der Waals surface area contributed by atoms with Gasteiger partial charge in [0.15, 0.2) is 0 Å². The Morgan fingerprint density at radius 1 is 1.19 bits per heavy atom. The molecule has 26 heavy (non-hydrogen) atoms. The first kappa shape index (κ1) is 17.8. The molecule has 1 fully saturated rings. The monoisotopic (exact) mass is 360 g/mol. The van der Waals surface area contributed by atoms with Gasteiger partial charge in [-0.25, -0.2) is 8.78 Å². The first-order valence-corrected chi connectivity index (χ1v) is 8.17. The topological polar surface area (TPSA) is 58.6 Å². The highest BCUT2D eigenvalue weighted by atomic mass is 19.1. The van der Waals surface area contributed by atoms with Crippen molar-refractivity contribution in [1.29, 1.82) is 0 Å². The lowest BCUT2D eigenvalue weighted by Crippen LogP contribution is -2.35. The van der Waals surface area contributed by atoms with Gasteiger partial charge in [0.2, 0.25) is 11.8 Å². The van der Waals surface area contributed by atoms with Gasteiger partial charge in [0, 0.05) is 25.6 Å². The minimum absolute atomic E-state index is 0.0779. The Morgan fingerprint density at radius 3 is 2.46 bits per heavy atom. The van der Waals surface area contributed by atoms with Crippen LogP contribution in [0.4, 0.5) is 14.5 Å². The van der Waals surface area contributed by atoms with Crippen molar-refractivity contribution in [3.8, 4) is 5.75 Å². The molecule has 1 heterocycles. The van der Waals surface area contributed by atoms with Crippen LogP contribution in [0, 0.1) is 11.6 Å². The van der Waals surface area contributed by atoms with Crippen LogP contribution in [-0.2, 0) is 16.2 Å². The maximum atomic E-state index is 13.6. The van der Waals surface area contributed by atoms with E-state index in [4.69, 9.17) is 4.74 Å². The molecule has 0 saturated carbocycles. The minimum atomic E-state index is -0.659. The largest absolute Gasteiger partial charge is 0.489 e. The summed E-state index contributed by atoms with van der Waals surface area (Å²) in [6, 6.07) is 10.1. The second kappa shape index (κ2) is 7.51. The van der Waals surface area contributed by atoms with E-state index in [1.54, 1.807) is 29.2 Å². The maximum absolute atomic E-state index is 13.6. The molecule has 1 unspecified atom stereocenters. The predicted octanol–water partition coefficient (Wildman–Crippen LogP) is 2.79. The molecule has 2 aromatic rings. The molecule has 1 aliphatic heterocycles. The fourth-order valence-electron chi connectivity index (χ4n) is 2.89. The minimum Gasteiger partial charge on any atom is -0.489 e. The molecule has 136 valence electrons. The molecule has 0 radical (unpaired) electrons. The Balaban J connectivity index is 1.64. The third-order valence-corrected chi connectivity index (χ3v) is 4.13. The van der Waals surface area contributed by atoms with Crippen LogP contribution in [0.1, 0.15) is 18.9 Å². The van der Waals surface area contributed by atoms with E-state index >= 15 is 0 Å². The smallest absolute Gasteiger partial charge is 0.229 e. The molecule has 3 rings (SSSR count). The summed E-state index contributed by atoms with van der Waals surface area (Å²) < 4.78 is 32.6. The summed E-state index contributed by atoms with van der Waals surface area (Å²) in [7, 11) is 0. The lowest BCUT2D eigenvalue weighted by Gasteiger charge is -2.17. The van der Waals surface area contributed by atoms with Gasteiger partial charge >= 0.3 is 0 Å². The molecule has 2 amide bonds. The lowest BCUT2D eigenvalue weighted by molar-refractivity contribution is -0.119. The van der Waals surface area contributed by atoms with Gasteiger partial charge in [0.25, 0.3) is 0 Å². The van der Waals surface area contributed by atoms with Crippen molar-refractivity contribution in [2.45, 2.75) is 26.0 Å². The van der Waals surface area contributed by atoms with E-state index in [9.17, 15) is 18.4 Å². The normalized spacial score (nSPS) is 16.7. The van der Waals surface area contributed by atoms with Crippen LogP contribution in [0.5, 0.6) is 5.75 Å². The molecule has 0 bridgehead atoms. The number of hydrogen-bond acceptors (Lipinski definition) is 3. The van der Waals surface area contributed by atoms with Gasteiger partial charge in [-0.3, -0.25) is 9.59 Å². The van der Waals surface area contributed by atoms with Crippen LogP contribution in [0.25, 0.3) is 0 Å². The summed E-state index contributed by atoms with van der Waals surface area (Å²) in [5.41, 5.74) is 0.539. The number of hydrogen-bond donors (Lipinski definition) is 1. The Morgan fingerprint density at radius 2 is 1.85 bits per heavy atom. The van der Waals surface area contributed by atoms with Crippen molar-refractivity contribution in [2.75, 3.05) is 11.4 Å². The van der Waals surface area contributed by atoms with Crippen LogP contribution in [0.15, 0.2) is 42.5 Å². The average Bonchev–Trinajstić information content (AvgIpc) is 2.94. The van der Waals surface area contributed by atoms with E-state index in [1.165, 1.54) is 25.1 Å². The SMILES string of the molecule is CC(=O)NC1CC(=O)N(c2ccc(OCc3c(F)cccc3F)cc2)C1. The van der Waals surface area contributed by atoms with Gasteiger partial charge in [-0.2, -0.15) is 0 Å². The molecule has 7 heteroatoms. The van der Waals surface area contributed by atoms with Crippen molar-refractivity contribution >= 4 is 17.5 Å². The van der Waals surface area contributed by atoms with Crippen LogP contribution in [-0.4, -0.2) is 24.4 Å². The second-order valence-electron chi connectivity index (χ2n) is 6.09.